The minimum Gasteiger partial charge on any atom is -0.478 e. The Morgan fingerprint density at radius 3 is 2.80 bits per heavy atom. The summed E-state index contributed by atoms with van der Waals surface area (Å²) in [6.45, 7) is 0. The normalized spacial score (nSPS) is 12.4. The lowest BCUT2D eigenvalue weighted by atomic mass is 9.99. The first-order chi connectivity index (χ1) is 9.69. The summed E-state index contributed by atoms with van der Waals surface area (Å²) in [7, 11) is 0. The Morgan fingerprint density at radius 2 is 2.05 bits per heavy atom. The number of hydrogen-bond acceptors (Lipinski definition) is 3. The van der Waals surface area contributed by atoms with Crippen molar-refractivity contribution in [2.45, 2.75) is 6.42 Å². The van der Waals surface area contributed by atoms with E-state index in [2.05, 4.69) is 11.1 Å². The lowest BCUT2D eigenvalue weighted by Gasteiger charge is -2.04. The Hall–Kier alpha value is -2.93. The van der Waals surface area contributed by atoms with Crippen molar-refractivity contribution >= 4 is 17.4 Å². The van der Waals surface area contributed by atoms with Crippen molar-refractivity contribution in [3.05, 3.63) is 64.7 Å². The van der Waals surface area contributed by atoms with Crippen LogP contribution in [0.15, 0.2) is 47.5 Å². The number of hydrogen-bond donors (Lipinski definition) is 1. The zero-order chi connectivity index (χ0) is 14.1. The third-order valence-corrected chi connectivity index (χ3v) is 3.30. The summed E-state index contributed by atoms with van der Waals surface area (Å²) >= 11 is 0. The second kappa shape index (κ2) is 4.63. The van der Waals surface area contributed by atoms with Crippen molar-refractivity contribution in [1.82, 2.24) is 0 Å². The zero-order valence-electron chi connectivity index (χ0n) is 10.5. The molecule has 0 aromatic heterocycles. The van der Waals surface area contributed by atoms with Gasteiger partial charge >= 0.3 is 5.97 Å². The van der Waals surface area contributed by atoms with Crippen molar-refractivity contribution in [3.8, 4) is 6.07 Å². The van der Waals surface area contributed by atoms with E-state index in [0.29, 0.717) is 17.5 Å². The van der Waals surface area contributed by atoms with E-state index in [1.807, 2.05) is 6.07 Å². The number of carbonyl (C=O) groups is 1. The first-order valence-corrected chi connectivity index (χ1v) is 6.12. The predicted molar refractivity (Wildman–Crippen MR) is 74.5 cm³/mol. The fourth-order valence-electron chi connectivity index (χ4n) is 2.33. The molecule has 4 nitrogen and oxygen atoms in total. The summed E-state index contributed by atoms with van der Waals surface area (Å²) in [6, 6.07) is 14.3. The molecule has 4 heteroatoms. The van der Waals surface area contributed by atoms with Crippen LogP contribution in [0.1, 0.15) is 27.0 Å². The minimum absolute atomic E-state index is 0.250. The molecule has 96 valence electrons. The molecule has 0 aliphatic carbocycles. The van der Waals surface area contributed by atoms with Gasteiger partial charge in [-0.3, -0.25) is 4.99 Å². The van der Waals surface area contributed by atoms with Gasteiger partial charge in [0, 0.05) is 12.0 Å². The first-order valence-electron chi connectivity index (χ1n) is 6.12. The molecule has 1 aliphatic heterocycles. The van der Waals surface area contributed by atoms with Crippen molar-refractivity contribution in [2.75, 3.05) is 0 Å². The minimum atomic E-state index is -0.961. The van der Waals surface area contributed by atoms with E-state index in [0.717, 1.165) is 17.0 Å². The lowest BCUT2D eigenvalue weighted by Crippen LogP contribution is -2.09. The maximum Gasteiger partial charge on any atom is 0.336 e. The molecule has 0 bridgehead atoms. The topological polar surface area (TPSA) is 73.5 Å². The molecule has 0 amide bonds. The van der Waals surface area contributed by atoms with Crippen molar-refractivity contribution in [1.29, 1.82) is 5.26 Å². The molecular formula is C16H10N2O2. The number of carboxylic acids is 1. The highest BCUT2D eigenvalue weighted by Crippen LogP contribution is 2.30. The average Bonchev–Trinajstić information content (AvgIpc) is 2.89. The van der Waals surface area contributed by atoms with Crippen molar-refractivity contribution in [2.24, 2.45) is 4.99 Å². The van der Waals surface area contributed by atoms with E-state index in [-0.39, 0.29) is 5.56 Å². The molecule has 1 N–H and O–H groups in total. The van der Waals surface area contributed by atoms with E-state index in [4.69, 9.17) is 5.26 Å². The summed E-state index contributed by atoms with van der Waals surface area (Å²) in [5, 5.41) is 18.1. The van der Waals surface area contributed by atoms with Gasteiger partial charge in [0.05, 0.1) is 28.6 Å². The van der Waals surface area contributed by atoms with Gasteiger partial charge < -0.3 is 5.11 Å². The van der Waals surface area contributed by atoms with Gasteiger partial charge in [0.2, 0.25) is 0 Å². The second-order valence-corrected chi connectivity index (χ2v) is 4.54. The largest absolute Gasteiger partial charge is 0.478 e. The molecular weight excluding hydrogens is 252 g/mol. The molecule has 2 aromatic rings. The first kappa shape index (κ1) is 12.1. The molecule has 1 aliphatic rings. The van der Waals surface area contributed by atoms with Crippen LogP contribution in [0.25, 0.3) is 0 Å². The van der Waals surface area contributed by atoms with E-state index in [1.165, 1.54) is 0 Å². The Labute approximate surface area is 115 Å². The summed E-state index contributed by atoms with van der Waals surface area (Å²) in [5.41, 5.74) is 3.93. The Morgan fingerprint density at radius 1 is 1.25 bits per heavy atom. The number of nitriles is 1. The maximum absolute atomic E-state index is 11.3. The number of fused-ring (bicyclic) bond motifs is 1. The highest BCUT2D eigenvalue weighted by molar-refractivity contribution is 6.12. The summed E-state index contributed by atoms with van der Waals surface area (Å²) in [6.07, 6.45) is 0.589. The van der Waals surface area contributed by atoms with Gasteiger partial charge in [0.25, 0.3) is 0 Å². The van der Waals surface area contributed by atoms with Crippen LogP contribution in [0, 0.1) is 11.3 Å². The second-order valence-electron chi connectivity index (χ2n) is 4.54. The molecule has 0 unspecified atom stereocenters. The number of rotatable bonds is 2. The summed E-state index contributed by atoms with van der Waals surface area (Å²) < 4.78 is 0. The van der Waals surface area contributed by atoms with Crippen molar-refractivity contribution < 1.29 is 9.90 Å². The van der Waals surface area contributed by atoms with E-state index < -0.39 is 5.97 Å². The summed E-state index contributed by atoms with van der Waals surface area (Å²) in [5.74, 6) is -0.961. The SMILES string of the molecule is N#Cc1ccc2c(c1)N=C(c1ccccc1C(=O)O)C2. The van der Waals surface area contributed by atoms with Crippen LogP contribution in [0.2, 0.25) is 0 Å². The number of aromatic carboxylic acids is 1. The fourth-order valence-corrected chi connectivity index (χ4v) is 2.33. The number of nitrogens with zero attached hydrogens (tertiary/aromatic N) is 2. The molecule has 20 heavy (non-hydrogen) atoms. The maximum atomic E-state index is 11.3. The predicted octanol–water partition coefficient (Wildman–Crippen LogP) is 2.93. The lowest BCUT2D eigenvalue weighted by molar-refractivity contribution is 0.0696. The van der Waals surface area contributed by atoms with Gasteiger partial charge in [0.1, 0.15) is 0 Å². The average molecular weight is 262 g/mol. The van der Waals surface area contributed by atoms with Gasteiger partial charge in [-0.2, -0.15) is 5.26 Å². The fraction of sp³-hybridized carbons (Fsp3) is 0.0625. The molecule has 0 saturated carbocycles. The molecule has 0 spiro atoms. The zero-order valence-corrected chi connectivity index (χ0v) is 10.5. The van der Waals surface area contributed by atoms with Crippen LogP contribution in [0.3, 0.4) is 0 Å². The van der Waals surface area contributed by atoms with E-state index >= 15 is 0 Å². The Balaban J connectivity index is 2.07. The van der Waals surface area contributed by atoms with Gasteiger partial charge in [-0.05, 0) is 23.8 Å². The monoisotopic (exact) mass is 262 g/mol. The molecule has 2 aromatic carbocycles. The van der Waals surface area contributed by atoms with E-state index in [1.54, 1.807) is 36.4 Å². The van der Waals surface area contributed by atoms with E-state index in [9.17, 15) is 9.90 Å². The highest BCUT2D eigenvalue weighted by atomic mass is 16.4. The third-order valence-electron chi connectivity index (χ3n) is 3.30. The highest BCUT2D eigenvalue weighted by Gasteiger charge is 2.20. The number of benzene rings is 2. The van der Waals surface area contributed by atoms with Crippen molar-refractivity contribution in [3.63, 3.8) is 0 Å². The molecule has 0 saturated heterocycles. The standard InChI is InChI=1S/C16H10N2O2/c17-9-10-5-6-11-8-15(18-14(11)7-10)12-3-1-2-4-13(12)16(19)20/h1-7H,8H2,(H,19,20). The third kappa shape index (κ3) is 1.95. The number of aliphatic imine (C=N–C) groups is 1. The Bertz CT molecular complexity index is 785. The number of carboxylic acid groups (broad SMARTS) is 1. The molecule has 3 rings (SSSR count). The molecule has 1 heterocycles. The van der Waals surface area contributed by atoms with Gasteiger partial charge in [-0.15, -0.1) is 0 Å². The van der Waals surface area contributed by atoms with Gasteiger partial charge in [-0.1, -0.05) is 24.3 Å². The smallest absolute Gasteiger partial charge is 0.336 e. The summed E-state index contributed by atoms with van der Waals surface area (Å²) in [4.78, 5) is 15.7. The van der Waals surface area contributed by atoms with Crippen LogP contribution in [-0.2, 0) is 6.42 Å². The van der Waals surface area contributed by atoms with Crippen LogP contribution in [-0.4, -0.2) is 16.8 Å². The van der Waals surface area contributed by atoms with Gasteiger partial charge in [0.15, 0.2) is 0 Å². The van der Waals surface area contributed by atoms with Crippen LogP contribution < -0.4 is 0 Å². The van der Waals surface area contributed by atoms with Gasteiger partial charge in [-0.25, -0.2) is 4.79 Å². The molecule has 0 atom stereocenters. The van der Waals surface area contributed by atoms with Crippen LogP contribution in [0.5, 0.6) is 0 Å². The Kier molecular flexibility index (Phi) is 2.81. The van der Waals surface area contributed by atoms with Crippen LogP contribution in [0.4, 0.5) is 5.69 Å². The van der Waals surface area contributed by atoms with Crippen LogP contribution >= 0.6 is 0 Å². The molecule has 0 radical (unpaired) electrons. The quantitative estimate of drug-likeness (QED) is 0.904. The molecule has 0 fully saturated rings.